The summed E-state index contributed by atoms with van der Waals surface area (Å²) in [5.74, 6) is 0. The van der Waals surface area contributed by atoms with E-state index in [0.29, 0.717) is 5.41 Å². The zero-order valence-electron chi connectivity index (χ0n) is 8.45. The molecule has 12 heavy (non-hydrogen) atoms. The minimum Gasteiger partial charge on any atom is -0.316 e. The lowest BCUT2D eigenvalue weighted by Crippen LogP contribution is -2.41. The maximum absolute atomic E-state index is 3.48. The van der Waals surface area contributed by atoms with Gasteiger partial charge in [-0.3, -0.25) is 0 Å². The van der Waals surface area contributed by atoms with Crippen molar-refractivity contribution in [3.8, 4) is 0 Å². The van der Waals surface area contributed by atoms with Gasteiger partial charge in [0.1, 0.15) is 0 Å². The van der Waals surface area contributed by atoms with E-state index in [1.807, 2.05) is 13.8 Å². The lowest BCUT2D eigenvalue weighted by atomic mass is 9.80. The smallest absolute Gasteiger partial charge is 0.00205 e. The predicted molar refractivity (Wildman–Crippen MR) is 53.4 cm³/mol. The molecule has 2 aliphatic heterocycles. The number of rotatable bonds is 0. The first-order chi connectivity index (χ1) is 5.91. The summed E-state index contributed by atoms with van der Waals surface area (Å²) in [7, 11) is 0. The molecule has 0 saturated carbocycles. The van der Waals surface area contributed by atoms with Crippen LogP contribution in [0.5, 0.6) is 0 Å². The van der Waals surface area contributed by atoms with Gasteiger partial charge in [-0.1, -0.05) is 13.8 Å². The van der Waals surface area contributed by atoms with Crippen LogP contribution in [0, 0.1) is 5.41 Å². The third-order valence-corrected chi connectivity index (χ3v) is 2.89. The normalized spacial score (nSPS) is 34.5. The summed E-state index contributed by atoms with van der Waals surface area (Å²) >= 11 is 0. The molecule has 1 atom stereocenters. The van der Waals surface area contributed by atoms with E-state index in [4.69, 9.17) is 0 Å². The first-order valence-electron chi connectivity index (χ1n) is 5.33. The van der Waals surface area contributed by atoms with Gasteiger partial charge < -0.3 is 10.6 Å². The van der Waals surface area contributed by atoms with Crippen LogP contribution in [0.1, 0.15) is 33.1 Å². The average Bonchev–Trinajstić information content (AvgIpc) is 2.58. The Morgan fingerprint density at radius 2 is 1.58 bits per heavy atom. The minimum absolute atomic E-state index is 0.651. The second-order valence-electron chi connectivity index (χ2n) is 3.71. The monoisotopic (exact) mass is 170 g/mol. The molecule has 0 bridgehead atoms. The molecule has 0 radical (unpaired) electrons. The Bertz CT molecular complexity index is 109. The van der Waals surface area contributed by atoms with Crippen LogP contribution in [0.4, 0.5) is 0 Å². The molecular formula is C10H22N2. The van der Waals surface area contributed by atoms with Crippen LogP contribution in [0.2, 0.25) is 0 Å². The summed E-state index contributed by atoms with van der Waals surface area (Å²) in [6, 6.07) is 0. The van der Waals surface area contributed by atoms with E-state index in [1.165, 1.54) is 45.4 Å². The van der Waals surface area contributed by atoms with Crippen molar-refractivity contribution in [1.29, 1.82) is 0 Å². The lowest BCUT2D eigenvalue weighted by molar-refractivity contribution is 0.236. The molecule has 2 nitrogen and oxygen atoms in total. The Morgan fingerprint density at radius 1 is 0.917 bits per heavy atom. The van der Waals surface area contributed by atoms with E-state index in [0.717, 1.165) is 0 Å². The summed E-state index contributed by atoms with van der Waals surface area (Å²) < 4.78 is 0. The van der Waals surface area contributed by atoms with Crippen LogP contribution < -0.4 is 10.6 Å². The number of piperidine rings is 1. The maximum atomic E-state index is 3.48. The van der Waals surface area contributed by atoms with E-state index >= 15 is 0 Å². The summed E-state index contributed by atoms with van der Waals surface area (Å²) in [5.41, 5.74) is 0.651. The number of hydrogen-bond acceptors (Lipinski definition) is 2. The summed E-state index contributed by atoms with van der Waals surface area (Å²) in [6.45, 7) is 8.98. The van der Waals surface area contributed by atoms with E-state index in [-0.39, 0.29) is 0 Å². The predicted octanol–water partition coefficient (Wildman–Crippen LogP) is 1.38. The second kappa shape index (κ2) is 4.83. The second-order valence-corrected chi connectivity index (χ2v) is 3.71. The van der Waals surface area contributed by atoms with E-state index < -0.39 is 0 Å². The van der Waals surface area contributed by atoms with Gasteiger partial charge in [-0.2, -0.15) is 0 Å². The molecule has 1 spiro atoms. The highest BCUT2D eigenvalue weighted by atomic mass is 15.0. The van der Waals surface area contributed by atoms with Crippen LogP contribution in [-0.4, -0.2) is 26.2 Å². The van der Waals surface area contributed by atoms with Gasteiger partial charge >= 0.3 is 0 Å². The van der Waals surface area contributed by atoms with Crippen molar-refractivity contribution in [2.45, 2.75) is 33.1 Å². The number of nitrogens with one attached hydrogen (secondary N) is 2. The molecule has 0 amide bonds. The zero-order chi connectivity index (χ0) is 8.86. The first kappa shape index (κ1) is 10.0. The van der Waals surface area contributed by atoms with Gasteiger partial charge in [0.2, 0.25) is 0 Å². The van der Waals surface area contributed by atoms with Crippen LogP contribution in [0.15, 0.2) is 0 Å². The Labute approximate surface area is 76.1 Å². The van der Waals surface area contributed by atoms with Crippen molar-refractivity contribution >= 4 is 0 Å². The fourth-order valence-electron chi connectivity index (χ4n) is 2.19. The Morgan fingerprint density at radius 3 is 2.00 bits per heavy atom. The van der Waals surface area contributed by atoms with Gasteiger partial charge in [-0.25, -0.2) is 0 Å². The van der Waals surface area contributed by atoms with Gasteiger partial charge in [0, 0.05) is 13.1 Å². The van der Waals surface area contributed by atoms with Crippen molar-refractivity contribution in [3.05, 3.63) is 0 Å². The van der Waals surface area contributed by atoms with E-state index in [9.17, 15) is 0 Å². The molecule has 1 unspecified atom stereocenters. The molecule has 2 rings (SSSR count). The van der Waals surface area contributed by atoms with E-state index in [1.54, 1.807) is 0 Å². The highest BCUT2D eigenvalue weighted by Gasteiger charge is 2.34. The molecule has 2 saturated heterocycles. The zero-order valence-corrected chi connectivity index (χ0v) is 8.45. The first-order valence-corrected chi connectivity index (χ1v) is 5.33. The van der Waals surface area contributed by atoms with Crippen LogP contribution in [-0.2, 0) is 0 Å². The van der Waals surface area contributed by atoms with Gasteiger partial charge in [-0.15, -0.1) is 0 Å². The highest BCUT2D eigenvalue weighted by molar-refractivity contribution is 4.91. The topological polar surface area (TPSA) is 24.1 Å². The van der Waals surface area contributed by atoms with Crippen molar-refractivity contribution < 1.29 is 0 Å². The fraction of sp³-hybridized carbons (Fsp3) is 1.00. The summed E-state index contributed by atoms with van der Waals surface area (Å²) in [6.07, 6.45) is 4.20. The highest BCUT2D eigenvalue weighted by Crippen LogP contribution is 2.31. The van der Waals surface area contributed by atoms with Crippen molar-refractivity contribution in [2.75, 3.05) is 26.2 Å². The van der Waals surface area contributed by atoms with Crippen LogP contribution >= 0.6 is 0 Å². The van der Waals surface area contributed by atoms with Gasteiger partial charge in [0.05, 0.1) is 0 Å². The molecule has 2 N–H and O–H groups in total. The SMILES string of the molecule is C1CNCC2(C1)CCNC2.CC. The molecular weight excluding hydrogens is 148 g/mol. The quantitative estimate of drug-likeness (QED) is 0.574. The van der Waals surface area contributed by atoms with Crippen molar-refractivity contribution in [2.24, 2.45) is 5.41 Å². The fourth-order valence-corrected chi connectivity index (χ4v) is 2.19. The number of hydrogen-bond donors (Lipinski definition) is 2. The third kappa shape index (κ3) is 2.20. The molecule has 2 fully saturated rings. The molecule has 0 aromatic rings. The molecule has 0 aliphatic carbocycles. The Hall–Kier alpha value is -0.0800. The lowest BCUT2D eigenvalue weighted by Gasteiger charge is -2.32. The minimum atomic E-state index is 0.651. The maximum Gasteiger partial charge on any atom is 0.00205 e. The third-order valence-electron chi connectivity index (χ3n) is 2.89. The average molecular weight is 170 g/mol. The van der Waals surface area contributed by atoms with Crippen LogP contribution in [0.25, 0.3) is 0 Å². The van der Waals surface area contributed by atoms with E-state index in [2.05, 4.69) is 10.6 Å². The van der Waals surface area contributed by atoms with Crippen molar-refractivity contribution in [1.82, 2.24) is 10.6 Å². The largest absolute Gasteiger partial charge is 0.316 e. The van der Waals surface area contributed by atoms with Crippen molar-refractivity contribution in [3.63, 3.8) is 0 Å². The molecule has 0 aromatic carbocycles. The Balaban J connectivity index is 0.000000336. The molecule has 72 valence electrons. The molecule has 2 heterocycles. The van der Waals surface area contributed by atoms with Gasteiger partial charge in [0.15, 0.2) is 0 Å². The molecule has 2 aliphatic rings. The van der Waals surface area contributed by atoms with Crippen LogP contribution in [0.3, 0.4) is 0 Å². The molecule has 0 aromatic heterocycles. The van der Waals surface area contributed by atoms with Gasteiger partial charge in [0.25, 0.3) is 0 Å². The standard InChI is InChI=1S/C8H16N2.C2H6/c1-2-8(6-9-4-1)3-5-10-7-8;1-2/h9-10H,1-7H2;1-2H3. The Kier molecular flexibility index (Phi) is 4.02. The summed E-state index contributed by atoms with van der Waals surface area (Å²) in [4.78, 5) is 0. The van der Waals surface area contributed by atoms with Gasteiger partial charge in [-0.05, 0) is 37.8 Å². The summed E-state index contributed by atoms with van der Waals surface area (Å²) in [5, 5.41) is 6.92. The molecule has 2 heteroatoms.